The number of anilines is 1. The number of nitrogens with zero attached hydrogens (tertiary/aromatic N) is 2. The van der Waals surface area contributed by atoms with Gasteiger partial charge >= 0.3 is 0 Å². The third-order valence-electron chi connectivity index (χ3n) is 6.34. The molecule has 0 spiro atoms. The van der Waals surface area contributed by atoms with E-state index in [0.717, 1.165) is 37.8 Å². The van der Waals surface area contributed by atoms with Crippen molar-refractivity contribution in [1.82, 2.24) is 15.2 Å². The van der Waals surface area contributed by atoms with Crippen molar-refractivity contribution < 1.29 is 9.59 Å². The molecule has 27 heavy (non-hydrogen) atoms. The predicted molar refractivity (Wildman–Crippen MR) is 104 cm³/mol. The zero-order chi connectivity index (χ0) is 18.8. The molecule has 3 aliphatic heterocycles. The molecular weight excluding hydrogens is 340 g/mol. The van der Waals surface area contributed by atoms with Crippen LogP contribution in [-0.2, 0) is 9.59 Å². The summed E-state index contributed by atoms with van der Waals surface area (Å²) in [6.07, 6.45) is 8.88. The molecule has 3 saturated heterocycles. The second-order valence-electron chi connectivity index (χ2n) is 8.57. The molecule has 1 aromatic heterocycles. The van der Waals surface area contributed by atoms with Gasteiger partial charge in [0, 0.05) is 37.8 Å². The first-order valence-corrected chi connectivity index (χ1v) is 10.3. The van der Waals surface area contributed by atoms with Gasteiger partial charge in [-0.05, 0) is 63.0 Å². The van der Waals surface area contributed by atoms with Gasteiger partial charge in [-0.3, -0.25) is 9.59 Å². The summed E-state index contributed by atoms with van der Waals surface area (Å²) >= 11 is 0. The SMILES string of the molecule is Cc1ccc(NC(=O)C2CCCN(C(=O)CC3CC4CCC(C3)N4)C2)nc1. The van der Waals surface area contributed by atoms with Crippen LogP contribution in [0.15, 0.2) is 18.3 Å². The number of carbonyl (C=O) groups excluding carboxylic acids is 2. The van der Waals surface area contributed by atoms with E-state index in [1.165, 1.54) is 12.8 Å². The van der Waals surface area contributed by atoms with E-state index in [2.05, 4.69) is 15.6 Å². The summed E-state index contributed by atoms with van der Waals surface area (Å²) < 4.78 is 0. The Labute approximate surface area is 161 Å². The van der Waals surface area contributed by atoms with E-state index in [1.807, 2.05) is 24.0 Å². The Morgan fingerprint density at radius 2 is 2.00 bits per heavy atom. The lowest BCUT2D eigenvalue weighted by Crippen LogP contribution is -2.45. The van der Waals surface area contributed by atoms with Gasteiger partial charge in [0.2, 0.25) is 11.8 Å². The fourth-order valence-electron chi connectivity index (χ4n) is 4.91. The Kier molecular flexibility index (Phi) is 5.43. The molecule has 6 heteroatoms. The molecule has 0 aromatic carbocycles. The minimum absolute atomic E-state index is 0.0243. The van der Waals surface area contributed by atoms with Crippen molar-refractivity contribution in [2.75, 3.05) is 18.4 Å². The molecule has 0 saturated carbocycles. The van der Waals surface area contributed by atoms with Crippen LogP contribution >= 0.6 is 0 Å². The van der Waals surface area contributed by atoms with Crippen LogP contribution in [0.2, 0.25) is 0 Å². The molecule has 4 heterocycles. The van der Waals surface area contributed by atoms with Crippen LogP contribution in [0.4, 0.5) is 5.82 Å². The molecule has 2 N–H and O–H groups in total. The first-order valence-electron chi connectivity index (χ1n) is 10.3. The molecule has 2 bridgehead atoms. The number of pyridine rings is 1. The Hall–Kier alpha value is -1.95. The number of piperidine rings is 2. The Morgan fingerprint density at radius 1 is 1.22 bits per heavy atom. The normalized spacial score (nSPS) is 30.2. The van der Waals surface area contributed by atoms with Crippen LogP contribution in [0.25, 0.3) is 0 Å². The number of likely N-dealkylation sites (tertiary alicyclic amines) is 1. The predicted octanol–water partition coefficient (Wildman–Crippen LogP) is 2.49. The molecule has 3 atom stereocenters. The van der Waals surface area contributed by atoms with Crippen molar-refractivity contribution in [2.45, 2.75) is 64.0 Å². The highest BCUT2D eigenvalue weighted by Crippen LogP contribution is 2.33. The first-order chi connectivity index (χ1) is 13.1. The summed E-state index contributed by atoms with van der Waals surface area (Å²) in [5.41, 5.74) is 1.06. The molecule has 3 unspecified atom stereocenters. The quantitative estimate of drug-likeness (QED) is 0.854. The number of aromatic nitrogens is 1. The molecule has 6 nitrogen and oxygen atoms in total. The number of rotatable bonds is 4. The van der Waals surface area contributed by atoms with Crippen molar-refractivity contribution in [3.63, 3.8) is 0 Å². The summed E-state index contributed by atoms with van der Waals surface area (Å²) in [4.78, 5) is 31.6. The van der Waals surface area contributed by atoms with Crippen LogP contribution in [0.3, 0.4) is 0 Å². The molecule has 1 aromatic rings. The monoisotopic (exact) mass is 370 g/mol. The van der Waals surface area contributed by atoms with E-state index in [9.17, 15) is 9.59 Å². The van der Waals surface area contributed by atoms with Crippen LogP contribution in [0, 0.1) is 18.8 Å². The molecule has 3 fully saturated rings. The largest absolute Gasteiger partial charge is 0.342 e. The molecule has 0 aliphatic carbocycles. The van der Waals surface area contributed by atoms with Gasteiger partial charge in [0.25, 0.3) is 0 Å². The number of nitrogens with one attached hydrogen (secondary N) is 2. The number of hydrogen-bond acceptors (Lipinski definition) is 4. The maximum absolute atomic E-state index is 12.8. The standard InChI is InChI=1S/C21H30N4O2/c1-14-4-7-19(22-12-14)24-21(27)16-3-2-8-25(13-16)20(26)11-15-9-17-5-6-18(10-15)23-17/h4,7,12,15-18,23H,2-3,5-6,8-11,13H2,1H3,(H,22,24,27). The van der Waals surface area contributed by atoms with E-state index in [1.54, 1.807) is 6.20 Å². The van der Waals surface area contributed by atoms with Gasteiger partial charge in [-0.1, -0.05) is 6.07 Å². The topological polar surface area (TPSA) is 74.3 Å². The minimum atomic E-state index is -0.144. The van der Waals surface area contributed by atoms with Crippen LogP contribution < -0.4 is 10.6 Å². The van der Waals surface area contributed by atoms with E-state index in [4.69, 9.17) is 0 Å². The summed E-state index contributed by atoms with van der Waals surface area (Å²) in [5, 5.41) is 6.54. The van der Waals surface area contributed by atoms with Gasteiger partial charge in [0.05, 0.1) is 5.92 Å². The van der Waals surface area contributed by atoms with Crippen LogP contribution in [0.1, 0.15) is 50.5 Å². The number of aryl methyl sites for hydroxylation is 1. The Morgan fingerprint density at radius 3 is 2.70 bits per heavy atom. The summed E-state index contributed by atoms with van der Waals surface area (Å²) in [7, 11) is 0. The van der Waals surface area contributed by atoms with Gasteiger partial charge in [-0.25, -0.2) is 4.98 Å². The second-order valence-corrected chi connectivity index (χ2v) is 8.57. The number of fused-ring (bicyclic) bond motifs is 2. The zero-order valence-corrected chi connectivity index (χ0v) is 16.1. The zero-order valence-electron chi connectivity index (χ0n) is 16.1. The Bertz CT molecular complexity index is 678. The van der Waals surface area contributed by atoms with E-state index < -0.39 is 0 Å². The van der Waals surface area contributed by atoms with E-state index in [-0.39, 0.29) is 17.7 Å². The summed E-state index contributed by atoms with van der Waals surface area (Å²) in [6.45, 7) is 3.29. The molecule has 0 radical (unpaired) electrons. The van der Waals surface area contributed by atoms with E-state index in [0.29, 0.717) is 36.8 Å². The third-order valence-corrected chi connectivity index (χ3v) is 6.34. The fourth-order valence-corrected chi connectivity index (χ4v) is 4.91. The van der Waals surface area contributed by atoms with Gasteiger partial charge < -0.3 is 15.5 Å². The molecule has 4 rings (SSSR count). The second kappa shape index (κ2) is 7.97. The highest BCUT2D eigenvalue weighted by molar-refractivity contribution is 5.92. The summed E-state index contributed by atoms with van der Waals surface area (Å²) in [6, 6.07) is 4.99. The van der Waals surface area contributed by atoms with Crippen molar-refractivity contribution in [3.05, 3.63) is 23.9 Å². The van der Waals surface area contributed by atoms with Gasteiger partial charge in [0.1, 0.15) is 5.82 Å². The Balaban J connectivity index is 1.30. The third kappa shape index (κ3) is 4.49. The van der Waals surface area contributed by atoms with Crippen molar-refractivity contribution in [3.8, 4) is 0 Å². The number of amides is 2. The lowest BCUT2D eigenvalue weighted by atomic mass is 9.88. The number of carbonyl (C=O) groups is 2. The molecule has 2 amide bonds. The smallest absolute Gasteiger partial charge is 0.230 e. The number of hydrogen-bond donors (Lipinski definition) is 2. The molecule has 146 valence electrons. The summed E-state index contributed by atoms with van der Waals surface area (Å²) in [5.74, 6) is 1.15. The van der Waals surface area contributed by atoms with Crippen molar-refractivity contribution in [1.29, 1.82) is 0 Å². The minimum Gasteiger partial charge on any atom is -0.342 e. The fraction of sp³-hybridized carbons (Fsp3) is 0.667. The van der Waals surface area contributed by atoms with Crippen LogP contribution in [0.5, 0.6) is 0 Å². The first kappa shape index (κ1) is 18.4. The lowest BCUT2D eigenvalue weighted by Gasteiger charge is -2.34. The maximum atomic E-state index is 12.8. The molecular formula is C21H30N4O2. The molecule has 3 aliphatic rings. The van der Waals surface area contributed by atoms with Crippen molar-refractivity contribution >= 4 is 17.6 Å². The van der Waals surface area contributed by atoms with E-state index >= 15 is 0 Å². The maximum Gasteiger partial charge on any atom is 0.230 e. The van der Waals surface area contributed by atoms with Gasteiger partial charge in [-0.2, -0.15) is 0 Å². The average molecular weight is 370 g/mol. The van der Waals surface area contributed by atoms with Gasteiger partial charge in [0.15, 0.2) is 0 Å². The van der Waals surface area contributed by atoms with Crippen molar-refractivity contribution in [2.24, 2.45) is 11.8 Å². The highest BCUT2D eigenvalue weighted by Gasteiger charge is 2.36. The highest BCUT2D eigenvalue weighted by atomic mass is 16.2. The average Bonchev–Trinajstić information content (AvgIpc) is 3.02. The lowest BCUT2D eigenvalue weighted by molar-refractivity contribution is -0.135. The van der Waals surface area contributed by atoms with Gasteiger partial charge in [-0.15, -0.1) is 0 Å². The van der Waals surface area contributed by atoms with Crippen LogP contribution in [-0.4, -0.2) is 46.9 Å².